The standard InChI is InChI=1S/C26H31N3O3/c1-24(2)18-29(15-14-26(24,32)21-12-10-19(17-27)11-13-21)22(30)16-25(3,4)28-23(31)20-8-6-5-7-9-20/h5-13,32H,14-16,18H2,1-4H3,(H,28,31). The highest BCUT2D eigenvalue weighted by molar-refractivity contribution is 5.95. The smallest absolute Gasteiger partial charge is 0.251 e. The highest BCUT2D eigenvalue weighted by Gasteiger charge is 2.49. The van der Waals surface area contributed by atoms with E-state index >= 15 is 0 Å². The summed E-state index contributed by atoms with van der Waals surface area (Å²) in [5, 5.41) is 23.5. The van der Waals surface area contributed by atoms with Gasteiger partial charge in [0, 0.05) is 36.0 Å². The molecule has 0 aromatic heterocycles. The molecule has 1 saturated heterocycles. The Morgan fingerprint density at radius 3 is 2.31 bits per heavy atom. The Kier molecular flexibility index (Phi) is 6.43. The minimum atomic E-state index is -1.10. The van der Waals surface area contributed by atoms with Crippen LogP contribution in [-0.2, 0) is 10.4 Å². The minimum absolute atomic E-state index is 0.0571. The van der Waals surface area contributed by atoms with E-state index in [-0.39, 0.29) is 18.2 Å². The first-order chi connectivity index (χ1) is 15.0. The van der Waals surface area contributed by atoms with Gasteiger partial charge in [0.2, 0.25) is 5.91 Å². The third-order valence-corrected chi connectivity index (χ3v) is 6.37. The Balaban J connectivity index is 1.67. The van der Waals surface area contributed by atoms with Gasteiger partial charge in [0.15, 0.2) is 0 Å². The van der Waals surface area contributed by atoms with Gasteiger partial charge in [-0.3, -0.25) is 9.59 Å². The predicted molar refractivity (Wildman–Crippen MR) is 123 cm³/mol. The summed E-state index contributed by atoms with van der Waals surface area (Å²) in [7, 11) is 0. The molecule has 6 heteroatoms. The maximum atomic E-state index is 13.1. The number of carbonyl (C=O) groups excluding carboxylic acids is 2. The molecule has 2 aromatic rings. The Hall–Kier alpha value is -3.17. The number of aliphatic hydroxyl groups is 1. The van der Waals surface area contributed by atoms with E-state index in [1.165, 1.54) is 0 Å². The fraction of sp³-hybridized carbons (Fsp3) is 0.423. The summed E-state index contributed by atoms with van der Waals surface area (Å²) in [6.45, 7) is 8.40. The normalized spacial score (nSPS) is 20.3. The number of carbonyl (C=O) groups is 2. The molecule has 3 rings (SSSR count). The number of nitrogens with zero attached hydrogens (tertiary/aromatic N) is 2. The second-order valence-electron chi connectivity index (χ2n) is 9.88. The molecule has 1 aliphatic heterocycles. The van der Waals surface area contributed by atoms with Gasteiger partial charge < -0.3 is 15.3 Å². The molecule has 1 atom stereocenters. The first kappa shape index (κ1) is 23.5. The van der Waals surface area contributed by atoms with Gasteiger partial charge in [-0.15, -0.1) is 0 Å². The molecule has 0 bridgehead atoms. The lowest BCUT2D eigenvalue weighted by Gasteiger charge is -2.51. The van der Waals surface area contributed by atoms with Crippen LogP contribution >= 0.6 is 0 Å². The molecule has 0 aliphatic carbocycles. The molecular formula is C26H31N3O3. The number of nitrogens with one attached hydrogen (secondary N) is 1. The van der Waals surface area contributed by atoms with Crippen molar-refractivity contribution < 1.29 is 14.7 Å². The molecule has 1 fully saturated rings. The Morgan fingerprint density at radius 2 is 1.75 bits per heavy atom. The maximum Gasteiger partial charge on any atom is 0.251 e. The van der Waals surface area contributed by atoms with Gasteiger partial charge in [-0.1, -0.05) is 44.2 Å². The first-order valence-electron chi connectivity index (χ1n) is 10.9. The Labute approximate surface area is 189 Å². The molecule has 0 spiro atoms. The highest BCUT2D eigenvalue weighted by Crippen LogP contribution is 2.46. The molecule has 2 N–H and O–H groups in total. The predicted octanol–water partition coefficient (Wildman–Crippen LogP) is 3.60. The van der Waals surface area contributed by atoms with E-state index in [4.69, 9.17) is 5.26 Å². The summed E-state index contributed by atoms with van der Waals surface area (Å²) in [5.74, 6) is -0.268. The number of hydrogen-bond donors (Lipinski definition) is 2. The van der Waals surface area contributed by atoms with Crippen LogP contribution in [0.1, 0.15) is 62.0 Å². The highest BCUT2D eigenvalue weighted by atomic mass is 16.3. The SMILES string of the molecule is CC(C)(CC(=O)N1CCC(O)(c2ccc(C#N)cc2)C(C)(C)C1)NC(=O)c1ccccc1. The second kappa shape index (κ2) is 8.76. The van der Waals surface area contributed by atoms with E-state index < -0.39 is 16.6 Å². The van der Waals surface area contributed by atoms with Crippen LogP contribution in [0.4, 0.5) is 0 Å². The first-order valence-corrected chi connectivity index (χ1v) is 10.9. The number of benzene rings is 2. The molecular weight excluding hydrogens is 402 g/mol. The fourth-order valence-electron chi connectivity index (χ4n) is 4.39. The number of amides is 2. The summed E-state index contributed by atoms with van der Waals surface area (Å²) < 4.78 is 0. The van der Waals surface area contributed by atoms with Gasteiger partial charge in [-0.25, -0.2) is 0 Å². The summed E-state index contributed by atoms with van der Waals surface area (Å²) in [5.41, 5.74) is -0.553. The monoisotopic (exact) mass is 433 g/mol. The molecule has 1 heterocycles. The molecule has 32 heavy (non-hydrogen) atoms. The minimum Gasteiger partial charge on any atom is -0.384 e. The van der Waals surface area contributed by atoms with Gasteiger partial charge in [-0.2, -0.15) is 5.26 Å². The number of nitriles is 1. The van der Waals surface area contributed by atoms with Crippen molar-refractivity contribution in [3.8, 4) is 6.07 Å². The van der Waals surface area contributed by atoms with Gasteiger partial charge in [-0.05, 0) is 50.1 Å². The van der Waals surface area contributed by atoms with E-state index in [0.29, 0.717) is 30.6 Å². The van der Waals surface area contributed by atoms with Crippen molar-refractivity contribution in [1.29, 1.82) is 5.26 Å². The van der Waals surface area contributed by atoms with Crippen molar-refractivity contribution in [2.75, 3.05) is 13.1 Å². The van der Waals surface area contributed by atoms with Crippen molar-refractivity contribution in [1.82, 2.24) is 10.2 Å². The molecule has 1 unspecified atom stereocenters. The molecule has 6 nitrogen and oxygen atoms in total. The third kappa shape index (κ3) is 4.84. The largest absolute Gasteiger partial charge is 0.384 e. The number of likely N-dealkylation sites (tertiary alicyclic amines) is 1. The van der Waals surface area contributed by atoms with Crippen LogP contribution in [0.15, 0.2) is 54.6 Å². The lowest BCUT2D eigenvalue weighted by atomic mass is 9.66. The van der Waals surface area contributed by atoms with Crippen LogP contribution in [-0.4, -0.2) is 40.4 Å². The third-order valence-electron chi connectivity index (χ3n) is 6.37. The maximum absolute atomic E-state index is 13.1. The van der Waals surface area contributed by atoms with Crippen molar-refractivity contribution in [3.05, 3.63) is 71.3 Å². The Morgan fingerprint density at radius 1 is 1.12 bits per heavy atom. The molecule has 168 valence electrons. The summed E-state index contributed by atoms with van der Waals surface area (Å²) in [6, 6.07) is 18.0. The summed E-state index contributed by atoms with van der Waals surface area (Å²) >= 11 is 0. The lowest BCUT2D eigenvalue weighted by molar-refractivity contribution is -0.154. The van der Waals surface area contributed by atoms with E-state index in [9.17, 15) is 14.7 Å². The number of piperidine rings is 1. The van der Waals surface area contributed by atoms with Crippen molar-refractivity contribution in [2.24, 2.45) is 5.41 Å². The zero-order valence-corrected chi connectivity index (χ0v) is 19.2. The number of hydrogen-bond acceptors (Lipinski definition) is 4. The van der Waals surface area contributed by atoms with Crippen LogP contribution in [0.5, 0.6) is 0 Å². The van der Waals surface area contributed by atoms with Gasteiger partial charge in [0.1, 0.15) is 0 Å². The van der Waals surface area contributed by atoms with Gasteiger partial charge >= 0.3 is 0 Å². The van der Waals surface area contributed by atoms with E-state index in [1.807, 2.05) is 33.8 Å². The van der Waals surface area contributed by atoms with E-state index in [2.05, 4.69) is 11.4 Å². The topological polar surface area (TPSA) is 93.4 Å². The summed E-state index contributed by atoms with van der Waals surface area (Å²) in [4.78, 5) is 27.4. The van der Waals surface area contributed by atoms with Crippen molar-refractivity contribution in [2.45, 2.75) is 51.7 Å². The molecule has 0 saturated carbocycles. The van der Waals surface area contributed by atoms with Gasteiger partial charge in [0.25, 0.3) is 5.91 Å². The van der Waals surface area contributed by atoms with Crippen molar-refractivity contribution in [3.63, 3.8) is 0 Å². The fourth-order valence-corrected chi connectivity index (χ4v) is 4.39. The second-order valence-corrected chi connectivity index (χ2v) is 9.88. The van der Waals surface area contributed by atoms with Crippen LogP contribution in [0.3, 0.4) is 0 Å². The zero-order valence-electron chi connectivity index (χ0n) is 19.2. The Bertz CT molecular complexity index is 1020. The van der Waals surface area contributed by atoms with Crippen LogP contribution in [0.2, 0.25) is 0 Å². The van der Waals surface area contributed by atoms with Crippen molar-refractivity contribution >= 4 is 11.8 Å². The molecule has 2 amide bonds. The van der Waals surface area contributed by atoms with Crippen LogP contribution in [0, 0.1) is 16.7 Å². The average Bonchev–Trinajstić information content (AvgIpc) is 2.75. The van der Waals surface area contributed by atoms with Crippen LogP contribution < -0.4 is 5.32 Å². The molecule has 2 aromatic carbocycles. The van der Waals surface area contributed by atoms with Crippen LogP contribution in [0.25, 0.3) is 0 Å². The zero-order chi connectivity index (χ0) is 23.6. The average molecular weight is 434 g/mol. The quantitative estimate of drug-likeness (QED) is 0.753. The lowest BCUT2D eigenvalue weighted by Crippen LogP contribution is -2.58. The van der Waals surface area contributed by atoms with E-state index in [1.54, 1.807) is 53.4 Å². The summed E-state index contributed by atoms with van der Waals surface area (Å²) in [6.07, 6.45) is 0.561. The molecule has 0 radical (unpaired) electrons. The van der Waals surface area contributed by atoms with E-state index in [0.717, 1.165) is 5.56 Å². The van der Waals surface area contributed by atoms with Gasteiger partial charge in [0.05, 0.1) is 17.2 Å². The molecule has 1 aliphatic rings. The number of rotatable bonds is 5.